The van der Waals surface area contributed by atoms with Crippen molar-refractivity contribution in [2.24, 2.45) is 0 Å². The van der Waals surface area contributed by atoms with E-state index >= 15 is 0 Å². The van der Waals surface area contributed by atoms with Crippen molar-refractivity contribution >= 4 is 33.8 Å². The molecular weight excluding hydrogens is 381 g/mol. The third kappa shape index (κ3) is 4.11. The van der Waals surface area contributed by atoms with E-state index in [0.29, 0.717) is 17.2 Å². The van der Waals surface area contributed by atoms with Gasteiger partial charge in [-0.05, 0) is 41.8 Å². The Morgan fingerprint density at radius 3 is 2.48 bits per heavy atom. The van der Waals surface area contributed by atoms with Crippen LogP contribution in [0.2, 0.25) is 0 Å². The molecule has 6 nitrogen and oxygen atoms in total. The van der Waals surface area contributed by atoms with Crippen LogP contribution in [0, 0.1) is 11.3 Å². The highest BCUT2D eigenvalue weighted by Gasteiger charge is 2.32. The second-order valence-corrected chi connectivity index (χ2v) is 6.20. The van der Waals surface area contributed by atoms with E-state index in [1.807, 2.05) is 36.5 Å². The molecule has 0 unspecified atom stereocenters. The van der Waals surface area contributed by atoms with E-state index < -0.39 is 11.9 Å². The monoisotopic (exact) mass is 394 g/mol. The number of nitrogens with zero attached hydrogens (tertiary/aromatic N) is 3. The lowest BCUT2D eigenvalue weighted by Crippen LogP contribution is -2.07. The summed E-state index contributed by atoms with van der Waals surface area (Å²) in [5.41, 5.74) is 1.73. The third-order valence-corrected chi connectivity index (χ3v) is 4.11. The van der Waals surface area contributed by atoms with Crippen molar-refractivity contribution in [1.29, 1.82) is 5.26 Å². The number of anilines is 4. The zero-order valence-electron chi connectivity index (χ0n) is 14.7. The van der Waals surface area contributed by atoms with E-state index in [1.54, 1.807) is 6.07 Å². The fourth-order valence-electron chi connectivity index (χ4n) is 2.80. The number of hydrogen-bond donors (Lipinski definition) is 3. The van der Waals surface area contributed by atoms with Crippen LogP contribution >= 0.6 is 0 Å². The van der Waals surface area contributed by atoms with Crippen molar-refractivity contribution in [3.63, 3.8) is 0 Å². The number of halogens is 3. The van der Waals surface area contributed by atoms with Gasteiger partial charge in [0.25, 0.3) is 0 Å². The lowest BCUT2D eigenvalue weighted by Gasteiger charge is -2.11. The van der Waals surface area contributed by atoms with E-state index in [-0.39, 0.29) is 5.69 Å². The molecule has 1 aromatic carbocycles. The van der Waals surface area contributed by atoms with E-state index in [9.17, 15) is 18.4 Å². The molecule has 0 saturated heterocycles. The van der Waals surface area contributed by atoms with Crippen molar-refractivity contribution in [3.05, 3.63) is 72.3 Å². The summed E-state index contributed by atoms with van der Waals surface area (Å²) in [4.78, 5) is 10.7. The molecule has 0 amide bonds. The number of aromatic nitrogens is 3. The SMILES string of the molecule is N#Cc1cc(Nc2ccc(C(F)(F)F)nc2)cc(Nc2ccc3cc[nH]c3c2)n1. The molecule has 0 fully saturated rings. The van der Waals surface area contributed by atoms with E-state index in [4.69, 9.17) is 0 Å². The fraction of sp³-hybridized carbons (Fsp3) is 0.0500. The summed E-state index contributed by atoms with van der Waals surface area (Å²) in [6.45, 7) is 0. The molecule has 9 heteroatoms. The van der Waals surface area contributed by atoms with Gasteiger partial charge in [0.1, 0.15) is 23.3 Å². The molecule has 0 aliphatic heterocycles. The van der Waals surface area contributed by atoms with Crippen LogP contribution in [0.4, 0.5) is 36.1 Å². The van der Waals surface area contributed by atoms with E-state index in [1.165, 1.54) is 12.1 Å². The Labute approximate surface area is 163 Å². The molecule has 0 aliphatic rings. The summed E-state index contributed by atoms with van der Waals surface area (Å²) in [7, 11) is 0. The molecule has 4 rings (SSSR count). The first-order valence-electron chi connectivity index (χ1n) is 8.47. The number of pyridine rings is 2. The highest BCUT2D eigenvalue weighted by Crippen LogP contribution is 2.29. The van der Waals surface area contributed by atoms with Gasteiger partial charge in [0.15, 0.2) is 0 Å². The zero-order valence-corrected chi connectivity index (χ0v) is 14.7. The molecule has 0 bridgehead atoms. The highest BCUT2D eigenvalue weighted by atomic mass is 19.4. The Morgan fingerprint density at radius 2 is 1.76 bits per heavy atom. The van der Waals surface area contributed by atoms with Gasteiger partial charge in [-0.2, -0.15) is 18.4 Å². The van der Waals surface area contributed by atoms with Gasteiger partial charge >= 0.3 is 6.18 Å². The lowest BCUT2D eigenvalue weighted by molar-refractivity contribution is -0.141. The van der Waals surface area contributed by atoms with E-state index in [0.717, 1.165) is 28.9 Å². The maximum atomic E-state index is 12.6. The topological polar surface area (TPSA) is 89.4 Å². The summed E-state index contributed by atoms with van der Waals surface area (Å²) in [6, 6.07) is 15.0. The summed E-state index contributed by atoms with van der Waals surface area (Å²) in [5, 5.41) is 16.4. The molecule has 4 aromatic rings. The minimum atomic E-state index is -4.50. The average Bonchev–Trinajstić information content (AvgIpc) is 3.15. The molecule has 3 N–H and O–H groups in total. The molecule has 29 heavy (non-hydrogen) atoms. The van der Waals surface area contributed by atoms with Crippen LogP contribution in [0.5, 0.6) is 0 Å². The summed E-state index contributed by atoms with van der Waals surface area (Å²) >= 11 is 0. The number of fused-ring (bicyclic) bond motifs is 1. The standard InChI is InChI=1S/C20H13F3N6/c21-20(22,23)18-4-3-14(11-26-18)27-15-7-16(10-24)29-19(9-15)28-13-2-1-12-5-6-25-17(12)8-13/h1-9,11,25H,(H2,27,28,29). The van der Waals surface area contributed by atoms with Gasteiger partial charge in [-0.1, -0.05) is 6.07 Å². The molecule has 0 aliphatic carbocycles. The van der Waals surface area contributed by atoms with Crippen molar-refractivity contribution in [2.45, 2.75) is 6.18 Å². The van der Waals surface area contributed by atoms with Crippen molar-refractivity contribution in [3.8, 4) is 6.07 Å². The molecule has 144 valence electrons. The summed E-state index contributed by atoms with van der Waals surface area (Å²) in [6.07, 6.45) is -1.58. The van der Waals surface area contributed by atoms with Crippen molar-refractivity contribution in [2.75, 3.05) is 10.6 Å². The Balaban J connectivity index is 1.58. The number of nitriles is 1. The van der Waals surface area contributed by atoms with Crippen LogP contribution in [0.25, 0.3) is 10.9 Å². The molecule has 3 heterocycles. The molecule has 0 saturated carbocycles. The second-order valence-electron chi connectivity index (χ2n) is 6.20. The van der Waals surface area contributed by atoms with Gasteiger partial charge in [0.05, 0.1) is 11.9 Å². The first-order valence-corrected chi connectivity index (χ1v) is 8.47. The fourth-order valence-corrected chi connectivity index (χ4v) is 2.80. The van der Waals surface area contributed by atoms with Gasteiger partial charge in [-0.3, -0.25) is 0 Å². The maximum Gasteiger partial charge on any atom is 0.433 e. The minimum Gasteiger partial charge on any atom is -0.361 e. The minimum absolute atomic E-state index is 0.151. The number of rotatable bonds is 4. The van der Waals surface area contributed by atoms with Gasteiger partial charge in [-0.25, -0.2) is 9.97 Å². The Kier molecular flexibility index (Phi) is 4.52. The normalized spacial score (nSPS) is 11.2. The van der Waals surface area contributed by atoms with Crippen molar-refractivity contribution < 1.29 is 13.2 Å². The molecule has 3 aromatic heterocycles. The Bertz CT molecular complexity index is 1210. The quantitative estimate of drug-likeness (QED) is 0.435. The van der Waals surface area contributed by atoms with Crippen LogP contribution in [-0.2, 0) is 6.18 Å². The molecule has 0 atom stereocenters. The number of nitrogens with one attached hydrogen (secondary N) is 3. The Morgan fingerprint density at radius 1 is 0.931 bits per heavy atom. The summed E-state index contributed by atoms with van der Waals surface area (Å²) in [5.74, 6) is 0.414. The Hall–Kier alpha value is -4.06. The predicted molar refractivity (Wildman–Crippen MR) is 103 cm³/mol. The first kappa shape index (κ1) is 18.3. The molecule has 0 spiro atoms. The number of aromatic amines is 1. The third-order valence-electron chi connectivity index (χ3n) is 4.11. The highest BCUT2D eigenvalue weighted by molar-refractivity contribution is 5.83. The van der Waals surface area contributed by atoms with Crippen LogP contribution in [0.3, 0.4) is 0 Å². The number of benzene rings is 1. The summed E-state index contributed by atoms with van der Waals surface area (Å²) < 4.78 is 37.9. The van der Waals surface area contributed by atoms with Gasteiger partial charge < -0.3 is 15.6 Å². The number of alkyl halides is 3. The van der Waals surface area contributed by atoms with Gasteiger partial charge in [0, 0.05) is 29.2 Å². The lowest BCUT2D eigenvalue weighted by atomic mass is 10.2. The largest absolute Gasteiger partial charge is 0.433 e. The van der Waals surface area contributed by atoms with Crippen LogP contribution in [0.1, 0.15) is 11.4 Å². The van der Waals surface area contributed by atoms with E-state index in [2.05, 4.69) is 25.6 Å². The molecular formula is C20H13F3N6. The van der Waals surface area contributed by atoms with Crippen LogP contribution in [-0.4, -0.2) is 15.0 Å². The molecule has 0 radical (unpaired) electrons. The second kappa shape index (κ2) is 7.16. The zero-order chi connectivity index (χ0) is 20.4. The smallest absolute Gasteiger partial charge is 0.361 e. The first-order chi connectivity index (χ1) is 13.9. The maximum absolute atomic E-state index is 12.6. The van der Waals surface area contributed by atoms with Crippen LogP contribution in [0.15, 0.2) is 60.9 Å². The predicted octanol–water partition coefficient (Wildman–Crippen LogP) is 5.34. The van der Waals surface area contributed by atoms with Gasteiger partial charge in [-0.15, -0.1) is 0 Å². The average molecular weight is 394 g/mol. The number of H-pyrrole nitrogens is 1. The number of hydrogen-bond acceptors (Lipinski definition) is 5. The van der Waals surface area contributed by atoms with Crippen molar-refractivity contribution in [1.82, 2.24) is 15.0 Å². The van der Waals surface area contributed by atoms with Gasteiger partial charge in [0.2, 0.25) is 0 Å². The van der Waals surface area contributed by atoms with Crippen LogP contribution < -0.4 is 10.6 Å².